The van der Waals surface area contributed by atoms with Gasteiger partial charge in [0.1, 0.15) is 6.04 Å². The quantitative estimate of drug-likeness (QED) is 0.535. The summed E-state index contributed by atoms with van der Waals surface area (Å²) in [5.74, 6) is -4.42. The molecule has 1 aliphatic heterocycles. The maximum absolute atomic E-state index is 13.5. The fourth-order valence-corrected chi connectivity index (χ4v) is 2.75. The first-order valence-corrected chi connectivity index (χ1v) is 6.90. The molecule has 0 radical (unpaired) electrons. The summed E-state index contributed by atoms with van der Waals surface area (Å²) in [6.45, 7) is 0.858. The van der Waals surface area contributed by atoms with Gasteiger partial charge in [-0.05, 0) is 22.0 Å². The minimum absolute atomic E-state index is 0. The molecule has 0 saturated carbocycles. The van der Waals surface area contributed by atoms with Crippen LogP contribution in [0.2, 0.25) is 0 Å². The number of rotatable bonds is 2. The Bertz CT molecular complexity index is 541. The first-order valence-electron chi connectivity index (χ1n) is 6.11. The molecule has 1 aromatic rings. The molecule has 11 heteroatoms. The Balaban J connectivity index is 0.00000242. The fourth-order valence-electron chi connectivity index (χ4n) is 2.33. The highest BCUT2D eigenvalue weighted by Crippen LogP contribution is 2.43. The van der Waals surface area contributed by atoms with Gasteiger partial charge in [0.15, 0.2) is 11.6 Å². The summed E-state index contributed by atoms with van der Waals surface area (Å²) < 4.78 is 66.3. The van der Waals surface area contributed by atoms with Crippen molar-refractivity contribution in [1.29, 1.82) is 0 Å². The highest BCUT2D eigenvalue weighted by Gasteiger charge is 2.47. The number of benzene rings is 1. The number of phenols is 1. The Labute approximate surface area is 150 Å². The van der Waals surface area contributed by atoms with Gasteiger partial charge in [0.05, 0.1) is 4.47 Å². The summed E-state index contributed by atoms with van der Waals surface area (Å²) in [5, 5.41) is 12.5. The predicted molar refractivity (Wildman–Crippen MR) is 83.5 cm³/mol. The monoisotopic (exact) mass is 446 g/mol. The van der Waals surface area contributed by atoms with Gasteiger partial charge in [0.25, 0.3) is 0 Å². The van der Waals surface area contributed by atoms with Crippen LogP contribution in [0, 0.1) is 11.6 Å². The van der Waals surface area contributed by atoms with Crippen LogP contribution in [0.4, 0.5) is 22.0 Å². The lowest BCUT2D eigenvalue weighted by Gasteiger charge is -2.36. The van der Waals surface area contributed by atoms with Crippen LogP contribution in [0.15, 0.2) is 10.5 Å². The van der Waals surface area contributed by atoms with E-state index in [0.29, 0.717) is 13.1 Å². The molecule has 2 rings (SSSR count). The van der Waals surface area contributed by atoms with E-state index in [-0.39, 0.29) is 37.9 Å². The van der Waals surface area contributed by atoms with E-state index >= 15 is 0 Å². The molecule has 1 atom stereocenters. The number of piperazine rings is 1. The van der Waals surface area contributed by atoms with E-state index in [4.69, 9.17) is 0 Å². The summed E-state index contributed by atoms with van der Waals surface area (Å²) in [7, 11) is 0. The number of phenolic OH excluding ortho intramolecular Hbond substituents is 1. The molecule has 1 saturated heterocycles. The predicted octanol–water partition coefficient (Wildman–Crippen LogP) is 3.79. The molecule has 1 aliphatic rings. The van der Waals surface area contributed by atoms with Crippen molar-refractivity contribution in [1.82, 2.24) is 10.2 Å². The number of alkyl halides is 3. The molecule has 0 spiro atoms. The van der Waals surface area contributed by atoms with E-state index < -0.39 is 39.6 Å². The summed E-state index contributed by atoms with van der Waals surface area (Å²) in [5.41, 5.74) is -0.699. The molecule has 0 aromatic heterocycles. The average Bonchev–Trinajstić information content (AvgIpc) is 2.42. The molecule has 23 heavy (non-hydrogen) atoms. The van der Waals surface area contributed by atoms with Gasteiger partial charge in [-0.3, -0.25) is 4.90 Å². The van der Waals surface area contributed by atoms with Crippen LogP contribution in [0.5, 0.6) is 5.75 Å². The van der Waals surface area contributed by atoms with Gasteiger partial charge in [0, 0.05) is 31.7 Å². The van der Waals surface area contributed by atoms with Crippen LogP contribution in [0.25, 0.3) is 0 Å². The van der Waals surface area contributed by atoms with E-state index in [2.05, 4.69) is 21.2 Å². The Morgan fingerprint density at radius 2 is 1.65 bits per heavy atom. The molecule has 0 unspecified atom stereocenters. The van der Waals surface area contributed by atoms with Crippen molar-refractivity contribution in [3.63, 3.8) is 0 Å². The van der Waals surface area contributed by atoms with Crippen LogP contribution in [0.3, 0.4) is 0 Å². The summed E-state index contributed by atoms with van der Waals surface area (Å²) >= 11 is 2.67. The van der Waals surface area contributed by atoms with Crippen molar-refractivity contribution in [2.45, 2.75) is 12.2 Å². The summed E-state index contributed by atoms with van der Waals surface area (Å²) in [6, 6.07) is -1.42. The normalized spacial score (nSPS) is 17.1. The number of aromatic hydroxyl groups is 1. The highest BCUT2D eigenvalue weighted by atomic mass is 79.9. The second kappa shape index (κ2) is 8.66. The van der Waals surface area contributed by atoms with Crippen LogP contribution in [-0.4, -0.2) is 42.4 Å². The number of hydrogen-bond donors (Lipinski definition) is 2. The third-order valence-electron chi connectivity index (χ3n) is 3.29. The molecule has 2 N–H and O–H groups in total. The third-order valence-corrected chi connectivity index (χ3v) is 3.86. The number of hydrogen-bond acceptors (Lipinski definition) is 3. The molecule has 1 heterocycles. The molecule has 1 aromatic carbocycles. The maximum atomic E-state index is 13.5. The fraction of sp³-hybridized carbons (Fsp3) is 0.500. The Kier molecular flexibility index (Phi) is 8.53. The zero-order valence-electron chi connectivity index (χ0n) is 11.5. The van der Waals surface area contributed by atoms with Crippen molar-refractivity contribution in [2.24, 2.45) is 0 Å². The Morgan fingerprint density at radius 1 is 1.13 bits per heavy atom. The van der Waals surface area contributed by atoms with E-state index in [1.807, 2.05) is 0 Å². The standard InChI is InChI=1S/C12H12BrF5N2O.2ClH/c13-7-5-6(10(21)9(15)8(7)14)11(12(16,17)18)20-3-1-19-2-4-20;;/h5,11,19,21H,1-4H2;2*1H/t11-;;/m0../s1. The van der Waals surface area contributed by atoms with Gasteiger partial charge in [-0.2, -0.15) is 17.6 Å². The minimum atomic E-state index is -4.72. The topological polar surface area (TPSA) is 35.5 Å². The van der Waals surface area contributed by atoms with E-state index in [9.17, 15) is 27.1 Å². The highest BCUT2D eigenvalue weighted by molar-refractivity contribution is 9.10. The van der Waals surface area contributed by atoms with Gasteiger partial charge in [0.2, 0.25) is 5.82 Å². The van der Waals surface area contributed by atoms with Crippen LogP contribution in [-0.2, 0) is 0 Å². The molecule has 0 bridgehead atoms. The smallest absolute Gasteiger partial charge is 0.408 e. The largest absolute Gasteiger partial charge is 0.505 e. The van der Waals surface area contributed by atoms with Gasteiger partial charge in [-0.1, -0.05) is 0 Å². The van der Waals surface area contributed by atoms with Gasteiger partial charge in [-0.15, -0.1) is 24.8 Å². The van der Waals surface area contributed by atoms with Gasteiger partial charge in [-0.25, -0.2) is 4.39 Å². The lowest BCUT2D eigenvalue weighted by molar-refractivity contribution is -0.188. The van der Waals surface area contributed by atoms with E-state index in [1.165, 1.54) is 0 Å². The summed E-state index contributed by atoms with van der Waals surface area (Å²) in [6.07, 6.45) is -4.72. The lowest BCUT2D eigenvalue weighted by atomic mass is 10.0. The van der Waals surface area contributed by atoms with Crippen molar-refractivity contribution in [3.05, 3.63) is 27.7 Å². The van der Waals surface area contributed by atoms with E-state index in [1.54, 1.807) is 0 Å². The number of nitrogens with one attached hydrogen (secondary N) is 1. The molecule has 134 valence electrons. The Morgan fingerprint density at radius 3 is 2.13 bits per heavy atom. The average molecular weight is 448 g/mol. The molecule has 0 aliphatic carbocycles. The van der Waals surface area contributed by atoms with Crippen LogP contribution < -0.4 is 5.32 Å². The SMILES string of the molecule is Cl.Cl.Oc1c([C@H](N2CCNCC2)C(F)(F)F)cc(Br)c(F)c1F. The maximum Gasteiger partial charge on any atom is 0.408 e. The summed E-state index contributed by atoms with van der Waals surface area (Å²) in [4.78, 5) is 1.08. The van der Waals surface area contributed by atoms with Crippen LogP contribution in [0.1, 0.15) is 11.6 Å². The zero-order chi connectivity index (χ0) is 15.8. The first kappa shape index (κ1) is 22.6. The number of halogens is 8. The lowest BCUT2D eigenvalue weighted by Crippen LogP contribution is -2.49. The number of nitrogens with zero attached hydrogens (tertiary/aromatic N) is 1. The Hall–Kier alpha value is -0.350. The van der Waals surface area contributed by atoms with Crippen molar-refractivity contribution in [2.75, 3.05) is 26.2 Å². The third kappa shape index (κ3) is 4.82. The molecular weight excluding hydrogens is 434 g/mol. The molecule has 0 amide bonds. The second-order valence-electron chi connectivity index (χ2n) is 4.65. The van der Waals surface area contributed by atoms with Gasteiger partial charge < -0.3 is 10.4 Å². The van der Waals surface area contributed by atoms with Crippen LogP contribution >= 0.6 is 40.7 Å². The first-order chi connectivity index (χ1) is 9.73. The van der Waals surface area contributed by atoms with E-state index in [0.717, 1.165) is 11.0 Å². The molecular formula is C12H14BrCl2F5N2O. The zero-order valence-corrected chi connectivity index (χ0v) is 14.7. The van der Waals surface area contributed by atoms with Crippen molar-refractivity contribution in [3.8, 4) is 5.75 Å². The molecule has 1 fully saturated rings. The second-order valence-corrected chi connectivity index (χ2v) is 5.51. The van der Waals surface area contributed by atoms with Crippen molar-refractivity contribution < 1.29 is 27.1 Å². The van der Waals surface area contributed by atoms with Gasteiger partial charge >= 0.3 is 6.18 Å². The molecule has 3 nitrogen and oxygen atoms in total. The minimum Gasteiger partial charge on any atom is -0.505 e. The van der Waals surface area contributed by atoms with Crippen molar-refractivity contribution >= 4 is 40.7 Å².